The third-order valence-corrected chi connectivity index (χ3v) is 9.60. The standard InChI is InChI=1S/C33H36N2O6/c1-6-41-24-14-10-13-21(27(24)36)26-19-15-16-20-25(30(39)35(28(20)37)32(2,3)4)22(19)17-23-29(38)34(31(40)33(23,26)5)18-11-8-7-9-12-18/h7-15,20,22-23,25-26,36H,6,16-17H2,1-5H3. The molecule has 0 bridgehead atoms. The fourth-order valence-corrected chi connectivity index (χ4v) is 7.89. The van der Waals surface area contributed by atoms with Crippen LogP contribution in [0.5, 0.6) is 11.5 Å². The SMILES string of the molecule is CCOc1cccc(C2C3=CCC4C(=O)N(C(C)(C)C)C(=O)C4C3CC3C(=O)N(c4ccccc4)C(=O)C32C)c1O. The van der Waals surface area contributed by atoms with Gasteiger partial charge >= 0.3 is 0 Å². The molecule has 1 saturated carbocycles. The molecule has 4 amide bonds. The van der Waals surface area contributed by atoms with E-state index in [4.69, 9.17) is 4.74 Å². The number of hydrogen-bond donors (Lipinski definition) is 1. The van der Waals surface area contributed by atoms with E-state index in [9.17, 15) is 24.3 Å². The normalized spacial score (nSPS) is 31.1. The van der Waals surface area contributed by atoms with Gasteiger partial charge in [-0.2, -0.15) is 0 Å². The van der Waals surface area contributed by atoms with Crippen LogP contribution in [-0.4, -0.2) is 45.8 Å². The van der Waals surface area contributed by atoms with Crippen molar-refractivity contribution >= 4 is 29.3 Å². The Morgan fingerprint density at radius 1 is 0.951 bits per heavy atom. The van der Waals surface area contributed by atoms with Gasteiger partial charge < -0.3 is 9.84 Å². The van der Waals surface area contributed by atoms with Crippen molar-refractivity contribution in [3.8, 4) is 11.5 Å². The van der Waals surface area contributed by atoms with Crippen LogP contribution in [0.2, 0.25) is 0 Å². The van der Waals surface area contributed by atoms with Gasteiger partial charge in [-0.3, -0.25) is 24.1 Å². The number of carbonyl (C=O) groups excluding carboxylic acids is 4. The van der Waals surface area contributed by atoms with Crippen LogP contribution in [0.15, 0.2) is 60.2 Å². The van der Waals surface area contributed by atoms with Crippen LogP contribution in [-0.2, 0) is 19.2 Å². The van der Waals surface area contributed by atoms with Gasteiger partial charge in [-0.25, -0.2) is 4.90 Å². The zero-order valence-electron chi connectivity index (χ0n) is 24.1. The van der Waals surface area contributed by atoms with Gasteiger partial charge in [0.25, 0.3) is 0 Å². The van der Waals surface area contributed by atoms with Gasteiger partial charge in [0.05, 0.1) is 35.5 Å². The van der Waals surface area contributed by atoms with Gasteiger partial charge in [0, 0.05) is 17.0 Å². The Bertz CT molecular complexity index is 1490. The fraction of sp³-hybridized carbons (Fsp3) is 0.455. The lowest BCUT2D eigenvalue weighted by Gasteiger charge is -2.49. The molecule has 6 unspecified atom stereocenters. The van der Waals surface area contributed by atoms with Gasteiger partial charge in [-0.1, -0.05) is 42.0 Å². The Balaban J connectivity index is 1.54. The summed E-state index contributed by atoms with van der Waals surface area (Å²) in [7, 11) is 0. The van der Waals surface area contributed by atoms with Crippen molar-refractivity contribution in [2.45, 2.75) is 58.9 Å². The van der Waals surface area contributed by atoms with Crippen LogP contribution >= 0.6 is 0 Å². The summed E-state index contributed by atoms with van der Waals surface area (Å²) in [5, 5.41) is 11.5. The third kappa shape index (κ3) is 3.72. The highest BCUT2D eigenvalue weighted by Crippen LogP contribution is 2.65. The maximum Gasteiger partial charge on any atom is 0.241 e. The molecule has 2 saturated heterocycles. The van der Waals surface area contributed by atoms with E-state index in [2.05, 4.69) is 0 Å². The summed E-state index contributed by atoms with van der Waals surface area (Å²) in [4.78, 5) is 58.7. The molecule has 8 heteroatoms. The number of para-hydroxylation sites is 2. The number of carbonyl (C=O) groups is 4. The van der Waals surface area contributed by atoms with Crippen LogP contribution in [0.4, 0.5) is 5.69 Å². The third-order valence-electron chi connectivity index (χ3n) is 9.60. The first-order valence-electron chi connectivity index (χ1n) is 14.4. The molecule has 0 aromatic heterocycles. The summed E-state index contributed by atoms with van der Waals surface area (Å²) in [6.07, 6.45) is 2.63. The molecular weight excluding hydrogens is 520 g/mol. The second-order valence-corrected chi connectivity index (χ2v) is 12.8. The minimum absolute atomic E-state index is 0.0773. The number of allylic oxidation sites excluding steroid dienone is 2. The number of fused-ring (bicyclic) bond motifs is 4. The maximum atomic E-state index is 14.4. The Morgan fingerprint density at radius 2 is 1.66 bits per heavy atom. The number of rotatable bonds is 4. The van der Waals surface area contributed by atoms with Crippen LogP contribution < -0.4 is 9.64 Å². The average molecular weight is 557 g/mol. The zero-order chi connectivity index (χ0) is 29.4. The first-order valence-corrected chi connectivity index (χ1v) is 14.4. The van der Waals surface area contributed by atoms with E-state index in [1.165, 1.54) is 9.80 Å². The van der Waals surface area contributed by atoms with Crippen LogP contribution in [0.1, 0.15) is 58.9 Å². The fourth-order valence-electron chi connectivity index (χ4n) is 7.89. The Hall–Kier alpha value is -3.94. The van der Waals surface area contributed by atoms with Gasteiger partial charge in [0.2, 0.25) is 23.6 Å². The largest absolute Gasteiger partial charge is 0.504 e. The first-order chi connectivity index (χ1) is 19.4. The number of hydrogen-bond acceptors (Lipinski definition) is 6. The number of imide groups is 2. The minimum Gasteiger partial charge on any atom is -0.504 e. The van der Waals surface area contributed by atoms with E-state index in [-0.39, 0.29) is 35.8 Å². The topological polar surface area (TPSA) is 104 Å². The van der Waals surface area contributed by atoms with Crippen LogP contribution in [0.25, 0.3) is 0 Å². The lowest BCUT2D eigenvalue weighted by Crippen LogP contribution is -2.49. The van der Waals surface area contributed by atoms with E-state index >= 15 is 0 Å². The van der Waals surface area contributed by atoms with E-state index in [0.29, 0.717) is 30.0 Å². The van der Waals surface area contributed by atoms with Crippen molar-refractivity contribution in [2.75, 3.05) is 11.5 Å². The van der Waals surface area contributed by atoms with Crippen molar-refractivity contribution in [3.63, 3.8) is 0 Å². The van der Waals surface area contributed by atoms with Crippen LogP contribution in [0, 0.1) is 29.1 Å². The average Bonchev–Trinajstić information content (AvgIpc) is 3.30. The van der Waals surface area contributed by atoms with Crippen molar-refractivity contribution in [3.05, 3.63) is 65.7 Å². The highest BCUT2D eigenvalue weighted by Gasteiger charge is 2.68. The van der Waals surface area contributed by atoms with Gasteiger partial charge in [-0.15, -0.1) is 0 Å². The Kier molecular flexibility index (Phi) is 6.17. The Morgan fingerprint density at radius 3 is 2.32 bits per heavy atom. The van der Waals surface area contributed by atoms with Crippen LogP contribution in [0.3, 0.4) is 0 Å². The number of benzene rings is 2. The summed E-state index contributed by atoms with van der Waals surface area (Å²) >= 11 is 0. The summed E-state index contributed by atoms with van der Waals surface area (Å²) in [5.74, 6) is -3.86. The van der Waals surface area contributed by atoms with Gasteiger partial charge in [0.15, 0.2) is 11.5 Å². The molecule has 8 nitrogen and oxygen atoms in total. The number of likely N-dealkylation sites (tertiary alicyclic amines) is 1. The summed E-state index contributed by atoms with van der Waals surface area (Å²) < 4.78 is 5.70. The molecule has 2 heterocycles. The molecule has 41 heavy (non-hydrogen) atoms. The molecule has 0 spiro atoms. The molecule has 6 atom stereocenters. The number of nitrogens with zero attached hydrogens (tertiary/aromatic N) is 2. The highest BCUT2D eigenvalue weighted by molar-refractivity contribution is 6.24. The highest BCUT2D eigenvalue weighted by atomic mass is 16.5. The van der Waals surface area contributed by atoms with E-state index in [1.54, 1.807) is 42.5 Å². The molecule has 2 aliphatic carbocycles. The second-order valence-electron chi connectivity index (χ2n) is 12.8. The molecule has 2 aromatic carbocycles. The van der Waals surface area contributed by atoms with Crippen molar-refractivity contribution < 1.29 is 29.0 Å². The molecule has 1 N–H and O–H groups in total. The number of ether oxygens (including phenoxy) is 1. The summed E-state index contributed by atoms with van der Waals surface area (Å²) in [5.41, 5.74) is -0.0909. The number of amides is 4. The van der Waals surface area contributed by atoms with E-state index < -0.39 is 40.5 Å². The van der Waals surface area contributed by atoms with E-state index in [0.717, 1.165) is 5.57 Å². The second kappa shape index (κ2) is 9.29. The lowest BCUT2D eigenvalue weighted by molar-refractivity contribution is -0.145. The molecule has 3 fully saturated rings. The van der Waals surface area contributed by atoms with Crippen molar-refractivity contribution in [1.82, 2.24) is 4.90 Å². The summed E-state index contributed by atoms with van der Waals surface area (Å²) in [6.45, 7) is 9.53. The Labute approximate surface area is 240 Å². The molecular formula is C33H36N2O6. The molecule has 2 aliphatic heterocycles. The lowest BCUT2D eigenvalue weighted by atomic mass is 9.51. The number of phenols is 1. The molecule has 214 valence electrons. The predicted molar refractivity (Wildman–Crippen MR) is 152 cm³/mol. The zero-order valence-corrected chi connectivity index (χ0v) is 24.1. The smallest absolute Gasteiger partial charge is 0.241 e. The number of phenolic OH excluding ortho intramolecular Hbond substituents is 1. The van der Waals surface area contributed by atoms with Gasteiger partial charge in [0.1, 0.15) is 0 Å². The monoisotopic (exact) mass is 556 g/mol. The number of aromatic hydroxyl groups is 1. The molecule has 4 aliphatic rings. The molecule has 2 aromatic rings. The quantitative estimate of drug-likeness (QED) is 0.428. The maximum absolute atomic E-state index is 14.4. The van der Waals surface area contributed by atoms with Gasteiger partial charge in [-0.05, 0) is 71.6 Å². The van der Waals surface area contributed by atoms with Crippen molar-refractivity contribution in [1.29, 1.82) is 0 Å². The molecule has 6 rings (SSSR count). The van der Waals surface area contributed by atoms with Crippen molar-refractivity contribution in [2.24, 2.45) is 29.1 Å². The van der Waals surface area contributed by atoms with E-state index in [1.807, 2.05) is 46.8 Å². The minimum atomic E-state index is -1.22. The number of anilines is 1. The first kappa shape index (κ1) is 27.2. The summed E-state index contributed by atoms with van der Waals surface area (Å²) in [6, 6.07) is 14.1. The molecule has 0 radical (unpaired) electrons. The predicted octanol–water partition coefficient (Wildman–Crippen LogP) is 4.82.